The molecule has 0 fully saturated rings. The minimum Gasteiger partial charge on any atom is -0.506 e. The van der Waals surface area contributed by atoms with Gasteiger partial charge < -0.3 is 14.8 Å². The molecular weight excluding hydrogens is 196 g/mol. The number of aromatic nitrogens is 2. The van der Waals surface area contributed by atoms with Gasteiger partial charge in [0.15, 0.2) is 0 Å². The van der Waals surface area contributed by atoms with Crippen LogP contribution in [-0.4, -0.2) is 28.2 Å². The first-order valence-corrected chi connectivity index (χ1v) is 4.46. The van der Waals surface area contributed by atoms with Gasteiger partial charge in [-0.2, -0.15) is 0 Å². The van der Waals surface area contributed by atoms with Crippen LogP contribution >= 0.6 is 0 Å². The summed E-state index contributed by atoms with van der Waals surface area (Å²) in [6, 6.07) is 3.60. The van der Waals surface area contributed by atoms with Gasteiger partial charge >= 0.3 is 0 Å². The molecule has 2 N–H and O–H groups in total. The monoisotopic (exact) mass is 208 g/mol. The summed E-state index contributed by atoms with van der Waals surface area (Å²) < 4.78 is 4.15. The highest BCUT2D eigenvalue weighted by Crippen LogP contribution is 2.20. The van der Waals surface area contributed by atoms with E-state index in [-0.39, 0.29) is 5.75 Å². The van der Waals surface area contributed by atoms with Crippen molar-refractivity contribution in [3.8, 4) is 5.75 Å². The van der Waals surface area contributed by atoms with Gasteiger partial charge in [0.2, 0.25) is 0 Å². The number of ether oxygens (including phenoxy) is 1. The Morgan fingerprint density at radius 2 is 2.47 bits per heavy atom. The van der Waals surface area contributed by atoms with Crippen LogP contribution in [0.25, 0.3) is 11.0 Å². The third kappa shape index (κ3) is 2.98. The first-order valence-electron chi connectivity index (χ1n) is 4.46. The molecule has 0 aromatic carbocycles. The molecule has 5 heteroatoms. The number of carbonyl (C=O) groups excluding carboxylic acids is 1. The standard InChI is InChI=1S/C7H6N2O.C3H6O2/c10-6-4-9-7-5(6)2-1-3-8-7;1-2-5-3-4/h1-4,10H,(H,8,9);3H,2H2,1H3. The second kappa shape index (κ2) is 5.64. The Morgan fingerprint density at radius 1 is 1.67 bits per heavy atom. The number of hydrogen-bond donors (Lipinski definition) is 2. The van der Waals surface area contributed by atoms with Gasteiger partial charge in [-0.05, 0) is 19.1 Å². The van der Waals surface area contributed by atoms with Crippen LogP contribution in [0, 0.1) is 0 Å². The number of fused-ring (bicyclic) bond motifs is 1. The Balaban J connectivity index is 0.000000195. The smallest absolute Gasteiger partial charge is 0.293 e. The molecule has 0 spiro atoms. The van der Waals surface area contributed by atoms with E-state index in [1.165, 1.54) is 6.20 Å². The summed E-state index contributed by atoms with van der Waals surface area (Å²) in [6.45, 7) is 2.66. The number of nitrogens with zero attached hydrogens (tertiary/aromatic N) is 1. The molecule has 0 aliphatic heterocycles. The maximum Gasteiger partial charge on any atom is 0.293 e. The Labute approximate surface area is 86.7 Å². The molecule has 5 nitrogen and oxygen atoms in total. The lowest BCUT2D eigenvalue weighted by Crippen LogP contribution is -1.80. The Morgan fingerprint density at radius 3 is 3.00 bits per heavy atom. The van der Waals surface area contributed by atoms with Crippen molar-refractivity contribution >= 4 is 17.5 Å². The summed E-state index contributed by atoms with van der Waals surface area (Å²) in [4.78, 5) is 16.0. The highest BCUT2D eigenvalue weighted by Gasteiger charge is 1.98. The molecule has 0 unspecified atom stereocenters. The predicted octanol–water partition coefficient (Wildman–Crippen LogP) is 1.45. The SMILES string of the molecule is CCOC=O.Oc1c[nH]c2ncccc12. The number of aromatic amines is 1. The molecule has 2 aromatic rings. The fourth-order valence-corrected chi connectivity index (χ4v) is 1.01. The van der Waals surface area contributed by atoms with Crippen LogP contribution in [0.5, 0.6) is 5.75 Å². The second-order valence-corrected chi connectivity index (χ2v) is 2.63. The van der Waals surface area contributed by atoms with E-state index in [1.807, 2.05) is 6.07 Å². The summed E-state index contributed by atoms with van der Waals surface area (Å²) >= 11 is 0. The summed E-state index contributed by atoms with van der Waals surface area (Å²) in [7, 11) is 0. The van der Waals surface area contributed by atoms with E-state index in [0.717, 1.165) is 11.0 Å². The molecule has 2 rings (SSSR count). The Bertz CT molecular complexity index is 425. The number of aromatic hydroxyl groups is 1. The normalized spacial score (nSPS) is 9.13. The molecule has 0 saturated carbocycles. The van der Waals surface area contributed by atoms with Gasteiger partial charge in [0, 0.05) is 12.4 Å². The first-order chi connectivity index (χ1) is 7.29. The third-order valence-corrected chi connectivity index (χ3v) is 1.66. The van der Waals surface area contributed by atoms with Crippen LogP contribution in [0.15, 0.2) is 24.5 Å². The van der Waals surface area contributed by atoms with Crippen molar-refractivity contribution < 1.29 is 14.6 Å². The van der Waals surface area contributed by atoms with Gasteiger partial charge in [-0.3, -0.25) is 4.79 Å². The van der Waals surface area contributed by atoms with Crippen molar-refractivity contribution in [2.45, 2.75) is 6.92 Å². The van der Waals surface area contributed by atoms with Gasteiger partial charge in [0.1, 0.15) is 11.4 Å². The highest BCUT2D eigenvalue weighted by atomic mass is 16.5. The Kier molecular flexibility index (Phi) is 4.15. The summed E-state index contributed by atoms with van der Waals surface area (Å²) in [5.41, 5.74) is 0.722. The average molecular weight is 208 g/mol. The van der Waals surface area contributed by atoms with Gasteiger partial charge in [0.05, 0.1) is 12.0 Å². The van der Waals surface area contributed by atoms with Gasteiger partial charge in [-0.15, -0.1) is 0 Å². The number of hydrogen-bond acceptors (Lipinski definition) is 4. The molecule has 0 amide bonds. The minimum absolute atomic E-state index is 0.253. The van der Waals surface area contributed by atoms with Crippen LogP contribution in [0.4, 0.5) is 0 Å². The van der Waals surface area contributed by atoms with Gasteiger partial charge in [-0.25, -0.2) is 4.98 Å². The molecule has 0 saturated heterocycles. The van der Waals surface area contributed by atoms with Crippen molar-refractivity contribution in [3.63, 3.8) is 0 Å². The van der Waals surface area contributed by atoms with Crippen molar-refractivity contribution in [2.75, 3.05) is 6.61 Å². The van der Waals surface area contributed by atoms with Crippen molar-refractivity contribution in [3.05, 3.63) is 24.5 Å². The highest BCUT2D eigenvalue weighted by molar-refractivity contribution is 5.82. The summed E-state index contributed by atoms with van der Waals surface area (Å²) in [6.07, 6.45) is 3.20. The quantitative estimate of drug-likeness (QED) is 0.732. The zero-order chi connectivity index (χ0) is 11.1. The number of carbonyl (C=O) groups is 1. The van der Waals surface area contributed by atoms with Gasteiger partial charge in [0.25, 0.3) is 6.47 Å². The fraction of sp³-hybridized carbons (Fsp3) is 0.200. The van der Waals surface area contributed by atoms with E-state index in [9.17, 15) is 4.79 Å². The minimum atomic E-state index is 0.253. The maximum atomic E-state index is 9.18. The molecule has 0 atom stereocenters. The number of rotatable bonds is 2. The van der Waals surface area contributed by atoms with E-state index in [4.69, 9.17) is 5.11 Å². The molecule has 80 valence electrons. The first kappa shape index (κ1) is 11.0. The van der Waals surface area contributed by atoms with Gasteiger partial charge in [-0.1, -0.05) is 0 Å². The van der Waals surface area contributed by atoms with E-state index in [2.05, 4.69) is 14.7 Å². The summed E-state index contributed by atoms with van der Waals surface area (Å²) in [5.74, 6) is 0.253. The van der Waals surface area contributed by atoms with E-state index in [1.54, 1.807) is 19.2 Å². The van der Waals surface area contributed by atoms with Crippen LogP contribution < -0.4 is 0 Å². The van der Waals surface area contributed by atoms with Crippen molar-refractivity contribution in [1.82, 2.24) is 9.97 Å². The molecule has 0 aliphatic carbocycles. The second-order valence-electron chi connectivity index (χ2n) is 2.63. The lowest BCUT2D eigenvalue weighted by Gasteiger charge is -1.85. The number of pyridine rings is 1. The topological polar surface area (TPSA) is 75.2 Å². The van der Waals surface area contributed by atoms with Crippen LogP contribution in [0.3, 0.4) is 0 Å². The number of H-pyrrole nitrogens is 1. The molecular formula is C10H12N2O3. The van der Waals surface area contributed by atoms with Crippen molar-refractivity contribution in [2.24, 2.45) is 0 Å². The predicted molar refractivity (Wildman–Crippen MR) is 55.4 cm³/mol. The van der Waals surface area contributed by atoms with Crippen LogP contribution in [-0.2, 0) is 9.53 Å². The maximum absolute atomic E-state index is 9.18. The lowest BCUT2D eigenvalue weighted by molar-refractivity contribution is -0.128. The zero-order valence-electron chi connectivity index (χ0n) is 8.30. The average Bonchev–Trinajstić information content (AvgIpc) is 2.64. The summed E-state index contributed by atoms with van der Waals surface area (Å²) in [5, 5.41) is 9.91. The molecule has 2 aromatic heterocycles. The molecule has 2 heterocycles. The largest absolute Gasteiger partial charge is 0.506 e. The fourth-order valence-electron chi connectivity index (χ4n) is 1.01. The molecule has 0 radical (unpaired) electrons. The number of nitrogens with one attached hydrogen (secondary N) is 1. The van der Waals surface area contributed by atoms with E-state index >= 15 is 0 Å². The van der Waals surface area contributed by atoms with Crippen LogP contribution in [0.1, 0.15) is 6.92 Å². The lowest BCUT2D eigenvalue weighted by atomic mass is 10.3. The Hall–Kier alpha value is -2.04. The zero-order valence-corrected chi connectivity index (χ0v) is 8.30. The molecule has 0 aliphatic rings. The molecule has 0 bridgehead atoms. The van der Waals surface area contributed by atoms with Crippen molar-refractivity contribution in [1.29, 1.82) is 0 Å². The van der Waals surface area contributed by atoms with Crippen LogP contribution in [0.2, 0.25) is 0 Å². The van der Waals surface area contributed by atoms with E-state index in [0.29, 0.717) is 13.1 Å². The third-order valence-electron chi connectivity index (χ3n) is 1.66. The van der Waals surface area contributed by atoms with E-state index < -0.39 is 0 Å². The molecule has 15 heavy (non-hydrogen) atoms.